The topological polar surface area (TPSA) is 85.1 Å². The number of sulfonamides is 1. The Kier molecular flexibility index (Phi) is 3.77. The van der Waals surface area contributed by atoms with E-state index in [1.165, 1.54) is 12.1 Å². The van der Waals surface area contributed by atoms with Crippen molar-refractivity contribution in [2.75, 3.05) is 10.5 Å². The zero-order valence-electron chi connectivity index (χ0n) is 10.1. The van der Waals surface area contributed by atoms with E-state index in [1.54, 1.807) is 31.3 Å². The molecule has 1 aromatic heterocycles. The Hall–Kier alpha value is -1.60. The third-order valence-electron chi connectivity index (χ3n) is 2.50. The number of nitrogens with zero attached hydrogens (tertiary/aromatic N) is 1. The van der Waals surface area contributed by atoms with Crippen molar-refractivity contribution in [3.8, 4) is 0 Å². The lowest BCUT2D eigenvalue weighted by molar-refractivity contribution is 0.600. The van der Waals surface area contributed by atoms with Crippen LogP contribution in [-0.2, 0) is 10.0 Å². The van der Waals surface area contributed by atoms with E-state index in [0.717, 1.165) is 0 Å². The highest BCUT2D eigenvalue weighted by Crippen LogP contribution is 2.26. The number of nitrogen functional groups attached to an aromatic ring is 1. The Morgan fingerprint density at radius 3 is 2.68 bits per heavy atom. The number of aryl methyl sites for hydroxylation is 1. The molecule has 0 spiro atoms. The summed E-state index contributed by atoms with van der Waals surface area (Å²) in [6, 6.07) is 7.86. The first kappa shape index (κ1) is 13.8. The largest absolute Gasteiger partial charge is 0.399 e. The molecule has 5 nitrogen and oxygen atoms in total. The summed E-state index contributed by atoms with van der Waals surface area (Å²) in [4.78, 5) is 4.16. The van der Waals surface area contributed by atoms with Crippen LogP contribution in [0.25, 0.3) is 0 Å². The fourth-order valence-corrected chi connectivity index (χ4v) is 3.74. The highest BCUT2D eigenvalue weighted by molar-refractivity contribution is 9.10. The first-order valence-electron chi connectivity index (χ1n) is 5.39. The molecule has 0 saturated carbocycles. The number of nitrogens with one attached hydrogen (secondary N) is 1. The molecular weight excluding hydrogens is 330 g/mol. The van der Waals surface area contributed by atoms with E-state index in [9.17, 15) is 8.42 Å². The maximum atomic E-state index is 12.3. The quantitative estimate of drug-likeness (QED) is 0.840. The Morgan fingerprint density at radius 1 is 1.32 bits per heavy atom. The first-order chi connectivity index (χ1) is 8.90. The van der Waals surface area contributed by atoms with Gasteiger partial charge in [0.1, 0.15) is 4.90 Å². The number of halogens is 1. The van der Waals surface area contributed by atoms with E-state index in [0.29, 0.717) is 21.5 Å². The van der Waals surface area contributed by atoms with Crippen molar-refractivity contribution in [2.24, 2.45) is 0 Å². The molecule has 19 heavy (non-hydrogen) atoms. The van der Waals surface area contributed by atoms with E-state index in [2.05, 4.69) is 25.6 Å². The summed E-state index contributed by atoms with van der Waals surface area (Å²) in [5.41, 5.74) is 7.14. The number of hydrogen-bond donors (Lipinski definition) is 2. The number of pyridine rings is 1. The molecule has 2 rings (SSSR count). The maximum absolute atomic E-state index is 12.3. The van der Waals surface area contributed by atoms with Gasteiger partial charge in [0.05, 0.1) is 11.4 Å². The number of anilines is 2. The molecule has 0 unspecified atom stereocenters. The maximum Gasteiger partial charge on any atom is 0.263 e. The molecule has 0 aliphatic carbocycles. The van der Waals surface area contributed by atoms with Crippen LogP contribution in [0.15, 0.2) is 45.9 Å². The third kappa shape index (κ3) is 3.05. The van der Waals surface area contributed by atoms with Gasteiger partial charge in [-0.25, -0.2) is 8.42 Å². The van der Waals surface area contributed by atoms with Gasteiger partial charge in [0, 0.05) is 16.4 Å². The van der Waals surface area contributed by atoms with Gasteiger partial charge in [-0.2, -0.15) is 0 Å². The van der Waals surface area contributed by atoms with Crippen molar-refractivity contribution in [3.05, 3.63) is 46.7 Å². The summed E-state index contributed by atoms with van der Waals surface area (Å²) in [6.07, 6.45) is 1.60. The normalized spacial score (nSPS) is 11.3. The molecule has 3 N–H and O–H groups in total. The second-order valence-electron chi connectivity index (χ2n) is 3.93. The fourth-order valence-electron chi connectivity index (χ4n) is 1.53. The SMILES string of the molecule is Cc1ncccc1NS(=O)(=O)c1ccc(N)cc1Br. The molecule has 0 atom stereocenters. The van der Waals surface area contributed by atoms with Gasteiger partial charge in [-0.3, -0.25) is 9.71 Å². The predicted molar refractivity (Wildman–Crippen MR) is 78.3 cm³/mol. The zero-order valence-corrected chi connectivity index (χ0v) is 12.5. The van der Waals surface area contributed by atoms with Crippen molar-refractivity contribution in [1.82, 2.24) is 4.98 Å². The van der Waals surface area contributed by atoms with Crippen LogP contribution in [0.3, 0.4) is 0 Å². The van der Waals surface area contributed by atoms with Crippen LogP contribution in [0.2, 0.25) is 0 Å². The van der Waals surface area contributed by atoms with Gasteiger partial charge < -0.3 is 5.73 Å². The molecule has 1 aromatic carbocycles. The lowest BCUT2D eigenvalue weighted by Crippen LogP contribution is -2.14. The van der Waals surface area contributed by atoms with E-state index in [-0.39, 0.29) is 4.90 Å². The Balaban J connectivity index is 2.41. The van der Waals surface area contributed by atoms with Crippen molar-refractivity contribution in [2.45, 2.75) is 11.8 Å². The van der Waals surface area contributed by atoms with Crippen LogP contribution in [0.1, 0.15) is 5.69 Å². The average molecular weight is 342 g/mol. The van der Waals surface area contributed by atoms with E-state index in [1.807, 2.05) is 0 Å². The summed E-state index contributed by atoms with van der Waals surface area (Å²) >= 11 is 3.20. The van der Waals surface area contributed by atoms with Crippen molar-refractivity contribution >= 4 is 37.3 Å². The van der Waals surface area contributed by atoms with Gasteiger partial charge in [-0.1, -0.05) is 0 Å². The molecule has 0 fully saturated rings. The van der Waals surface area contributed by atoms with Crippen LogP contribution < -0.4 is 10.5 Å². The van der Waals surface area contributed by atoms with Crippen molar-refractivity contribution in [3.63, 3.8) is 0 Å². The molecule has 0 bridgehead atoms. The number of benzene rings is 1. The Labute approximate surface area is 120 Å². The third-order valence-corrected chi connectivity index (χ3v) is 4.84. The molecule has 7 heteroatoms. The number of nitrogens with two attached hydrogens (primary N) is 1. The minimum Gasteiger partial charge on any atom is -0.399 e. The van der Waals surface area contributed by atoms with E-state index < -0.39 is 10.0 Å². The van der Waals surface area contributed by atoms with Gasteiger partial charge in [0.2, 0.25) is 0 Å². The molecular formula is C12H12BrN3O2S. The molecule has 0 amide bonds. The molecule has 0 aliphatic rings. The van der Waals surface area contributed by atoms with Crippen LogP contribution in [0.4, 0.5) is 11.4 Å². The summed E-state index contributed by atoms with van der Waals surface area (Å²) in [7, 11) is -3.68. The van der Waals surface area contributed by atoms with Crippen LogP contribution in [0.5, 0.6) is 0 Å². The van der Waals surface area contributed by atoms with E-state index in [4.69, 9.17) is 5.73 Å². The van der Waals surface area contributed by atoms with Crippen LogP contribution in [0, 0.1) is 6.92 Å². The van der Waals surface area contributed by atoms with Gasteiger partial charge in [-0.05, 0) is 53.2 Å². The molecule has 0 saturated heterocycles. The zero-order chi connectivity index (χ0) is 14.0. The number of aromatic nitrogens is 1. The van der Waals surface area contributed by atoms with E-state index >= 15 is 0 Å². The van der Waals surface area contributed by atoms with Gasteiger partial charge in [-0.15, -0.1) is 0 Å². The molecule has 2 aromatic rings. The summed E-state index contributed by atoms with van der Waals surface area (Å²) in [5.74, 6) is 0. The van der Waals surface area contributed by atoms with Gasteiger partial charge in [0.25, 0.3) is 10.0 Å². The highest BCUT2D eigenvalue weighted by atomic mass is 79.9. The monoisotopic (exact) mass is 341 g/mol. The smallest absolute Gasteiger partial charge is 0.263 e. The lowest BCUT2D eigenvalue weighted by Gasteiger charge is -2.11. The summed E-state index contributed by atoms with van der Waals surface area (Å²) in [6.45, 7) is 1.73. The minimum atomic E-state index is -3.68. The second-order valence-corrected chi connectivity index (χ2v) is 6.44. The molecule has 0 aliphatic heterocycles. The number of rotatable bonds is 3. The minimum absolute atomic E-state index is 0.130. The highest BCUT2D eigenvalue weighted by Gasteiger charge is 2.18. The summed E-state index contributed by atoms with van der Waals surface area (Å²) < 4.78 is 27.5. The van der Waals surface area contributed by atoms with Crippen molar-refractivity contribution in [1.29, 1.82) is 0 Å². The van der Waals surface area contributed by atoms with Crippen molar-refractivity contribution < 1.29 is 8.42 Å². The fraction of sp³-hybridized carbons (Fsp3) is 0.0833. The molecule has 0 radical (unpaired) electrons. The number of hydrogen-bond acceptors (Lipinski definition) is 4. The average Bonchev–Trinajstić information content (AvgIpc) is 2.31. The first-order valence-corrected chi connectivity index (χ1v) is 7.67. The predicted octanol–water partition coefficient (Wildman–Crippen LogP) is 2.54. The van der Waals surface area contributed by atoms with Crippen LogP contribution >= 0.6 is 15.9 Å². The second kappa shape index (κ2) is 5.18. The molecule has 100 valence electrons. The van der Waals surface area contributed by atoms with Crippen LogP contribution in [-0.4, -0.2) is 13.4 Å². The van der Waals surface area contributed by atoms with Gasteiger partial charge in [0.15, 0.2) is 0 Å². The standard InChI is InChI=1S/C12H12BrN3O2S/c1-8-11(3-2-6-15-8)16-19(17,18)12-5-4-9(14)7-10(12)13/h2-7,16H,14H2,1H3. The Morgan fingerprint density at radius 2 is 2.05 bits per heavy atom. The lowest BCUT2D eigenvalue weighted by atomic mass is 10.3. The Bertz CT molecular complexity index is 717. The van der Waals surface area contributed by atoms with Gasteiger partial charge >= 0.3 is 0 Å². The summed E-state index contributed by atoms with van der Waals surface area (Å²) in [5, 5.41) is 0. The molecule has 1 heterocycles.